The lowest BCUT2D eigenvalue weighted by Crippen LogP contribution is -2.55. The van der Waals surface area contributed by atoms with Gasteiger partial charge in [-0.05, 0) is 36.2 Å². The van der Waals surface area contributed by atoms with Gasteiger partial charge in [0.25, 0.3) is 0 Å². The molecule has 1 aliphatic rings. The number of carbonyl (C=O) groups excluding carboxylic acids is 1. The molecule has 0 aromatic heterocycles. The molecule has 6 N–H and O–H groups in total. The van der Waals surface area contributed by atoms with Crippen LogP contribution < -0.4 is 10.1 Å². The van der Waals surface area contributed by atoms with Crippen molar-refractivity contribution in [2.24, 2.45) is 0 Å². The summed E-state index contributed by atoms with van der Waals surface area (Å²) in [5, 5.41) is 52.0. The van der Waals surface area contributed by atoms with Gasteiger partial charge in [-0.15, -0.1) is 11.8 Å². The Kier molecular flexibility index (Phi) is 7.45. The monoisotopic (exact) mass is 449 g/mol. The fourth-order valence-electron chi connectivity index (χ4n) is 3.50. The second-order valence-electron chi connectivity index (χ2n) is 7.61. The Hall–Kier alpha value is -2.30. The molecule has 0 saturated carbocycles. The molecule has 1 heterocycles. The van der Waals surface area contributed by atoms with Gasteiger partial charge in [0.05, 0.1) is 18.0 Å². The average molecular weight is 450 g/mol. The van der Waals surface area contributed by atoms with Crippen LogP contribution in [0.3, 0.4) is 0 Å². The molecule has 31 heavy (non-hydrogen) atoms. The van der Waals surface area contributed by atoms with E-state index in [1.54, 1.807) is 18.2 Å². The van der Waals surface area contributed by atoms with Gasteiger partial charge in [-0.1, -0.05) is 12.1 Å². The van der Waals surface area contributed by atoms with Crippen LogP contribution in [-0.4, -0.2) is 67.0 Å². The highest BCUT2D eigenvalue weighted by molar-refractivity contribution is 8.00. The smallest absolute Gasteiger partial charge is 0.221 e. The van der Waals surface area contributed by atoms with E-state index >= 15 is 0 Å². The van der Waals surface area contributed by atoms with Crippen LogP contribution in [-0.2, 0) is 11.2 Å². The SMILES string of the molecule is CC(=O)Nc1ccc(Cc2c(C)cc(O)cc2O[C@@H]2S[C@H](CO)[C@@H](O)[C@H](O)[C@H]2O)cc1. The van der Waals surface area contributed by atoms with E-state index in [-0.39, 0.29) is 18.3 Å². The number of rotatable bonds is 6. The Labute approximate surface area is 184 Å². The Morgan fingerprint density at radius 3 is 2.39 bits per heavy atom. The fourth-order valence-corrected chi connectivity index (χ4v) is 4.74. The molecule has 5 atom stereocenters. The molecule has 2 aromatic carbocycles. The van der Waals surface area contributed by atoms with Crippen molar-refractivity contribution in [3.8, 4) is 11.5 Å². The van der Waals surface area contributed by atoms with Crippen LogP contribution in [0.2, 0.25) is 0 Å². The van der Waals surface area contributed by atoms with Crippen molar-refractivity contribution in [3.05, 3.63) is 53.1 Å². The van der Waals surface area contributed by atoms with Crippen LogP contribution in [0.25, 0.3) is 0 Å². The highest BCUT2D eigenvalue weighted by Gasteiger charge is 2.44. The first-order valence-electron chi connectivity index (χ1n) is 9.85. The van der Waals surface area contributed by atoms with Gasteiger partial charge in [0.15, 0.2) is 5.44 Å². The zero-order chi connectivity index (χ0) is 22.7. The summed E-state index contributed by atoms with van der Waals surface area (Å²) < 4.78 is 5.97. The van der Waals surface area contributed by atoms with Crippen molar-refractivity contribution in [2.45, 2.75) is 49.3 Å². The summed E-state index contributed by atoms with van der Waals surface area (Å²) in [6.07, 6.45) is -3.66. The van der Waals surface area contributed by atoms with Crippen LogP contribution in [0.4, 0.5) is 5.69 Å². The molecule has 3 rings (SSSR count). The van der Waals surface area contributed by atoms with Crippen LogP contribution in [0.1, 0.15) is 23.6 Å². The first kappa shape index (κ1) is 23.4. The normalized spacial score (nSPS) is 25.8. The van der Waals surface area contributed by atoms with E-state index < -0.39 is 29.0 Å². The molecule has 1 aliphatic heterocycles. The van der Waals surface area contributed by atoms with Crippen molar-refractivity contribution in [3.63, 3.8) is 0 Å². The van der Waals surface area contributed by atoms with Crippen molar-refractivity contribution < 1.29 is 35.1 Å². The quantitative estimate of drug-likeness (QED) is 0.386. The minimum absolute atomic E-state index is 0.00755. The number of hydrogen-bond acceptors (Lipinski definition) is 8. The van der Waals surface area contributed by atoms with E-state index in [0.717, 1.165) is 28.5 Å². The maximum atomic E-state index is 11.2. The lowest BCUT2D eigenvalue weighted by atomic mass is 9.98. The van der Waals surface area contributed by atoms with Gasteiger partial charge in [0.2, 0.25) is 5.91 Å². The summed E-state index contributed by atoms with van der Waals surface area (Å²) in [4.78, 5) is 11.2. The Bertz CT molecular complexity index is 919. The van der Waals surface area contributed by atoms with Crippen molar-refractivity contribution in [1.29, 1.82) is 0 Å². The molecule has 8 nitrogen and oxygen atoms in total. The molecule has 0 radical (unpaired) electrons. The van der Waals surface area contributed by atoms with Crippen LogP contribution in [0.5, 0.6) is 11.5 Å². The van der Waals surface area contributed by atoms with Gasteiger partial charge in [0.1, 0.15) is 23.7 Å². The molecule has 1 fully saturated rings. The van der Waals surface area contributed by atoms with E-state index in [1.165, 1.54) is 13.0 Å². The van der Waals surface area contributed by atoms with Gasteiger partial charge >= 0.3 is 0 Å². The standard InChI is InChI=1S/C22H27NO7S/c1-11-7-15(26)9-17(30-22-21(29)20(28)19(27)18(10-24)31-22)16(11)8-13-3-5-14(6-4-13)23-12(2)25/h3-7,9,18-22,24,26-29H,8,10H2,1-2H3,(H,23,25)/t18-,19-,20+,21-,22-/m1/s1. The molecular formula is C22H27NO7S. The Morgan fingerprint density at radius 1 is 1.10 bits per heavy atom. The minimum atomic E-state index is -1.47. The lowest BCUT2D eigenvalue weighted by Gasteiger charge is -2.39. The molecular weight excluding hydrogens is 422 g/mol. The number of hydrogen-bond donors (Lipinski definition) is 6. The zero-order valence-electron chi connectivity index (χ0n) is 17.2. The van der Waals surface area contributed by atoms with E-state index in [1.807, 2.05) is 19.1 Å². The van der Waals surface area contributed by atoms with E-state index in [4.69, 9.17) is 4.74 Å². The van der Waals surface area contributed by atoms with Crippen LogP contribution in [0.15, 0.2) is 36.4 Å². The van der Waals surface area contributed by atoms with Gasteiger partial charge in [-0.25, -0.2) is 0 Å². The first-order valence-corrected chi connectivity index (χ1v) is 10.8. The maximum Gasteiger partial charge on any atom is 0.221 e. The fraction of sp³-hybridized carbons (Fsp3) is 0.409. The Morgan fingerprint density at radius 2 is 1.77 bits per heavy atom. The molecule has 0 unspecified atom stereocenters. The predicted octanol–water partition coefficient (Wildman–Crippen LogP) is 1.15. The van der Waals surface area contributed by atoms with Gasteiger partial charge in [0, 0.05) is 30.7 Å². The van der Waals surface area contributed by atoms with E-state index in [9.17, 15) is 30.3 Å². The average Bonchev–Trinajstić information content (AvgIpc) is 2.71. The van der Waals surface area contributed by atoms with Gasteiger partial charge in [-0.3, -0.25) is 4.79 Å². The van der Waals surface area contributed by atoms with E-state index in [2.05, 4.69) is 5.32 Å². The molecule has 1 saturated heterocycles. The zero-order valence-corrected chi connectivity index (χ0v) is 18.0. The topological polar surface area (TPSA) is 139 Å². The number of aliphatic hydroxyl groups excluding tert-OH is 4. The minimum Gasteiger partial charge on any atom is -0.508 e. The maximum absolute atomic E-state index is 11.2. The second kappa shape index (κ2) is 9.88. The molecule has 0 aliphatic carbocycles. The highest BCUT2D eigenvalue weighted by atomic mass is 32.2. The second-order valence-corrected chi connectivity index (χ2v) is 8.95. The summed E-state index contributed by atoms with van der Waals surface area (Å²) >= 11 is 1.03. The number of anilines is 1. The summed E-state index contributed by atoms with van der Waals surface area (Å²) in [5.74, 6) is 0.168. The van der Waals surface area contributed by atoms with Crippen molar-refractivity contribution in [2.75, 3.05) is 11.9 Å². The number of aryl methyl sites for hydroxylation is 1. The summed E-state index contributed by atoms with van der Waals surface area (Å²) in [6.45, 7) is 2.88. The summed E-state index contributed by atoms with van der Waals surface area (Å²) in [7, 11) is 0. The number of thioether (sulfide) groups is 1. The molecule has 9 heteroatoms. The van der Waals surface area contributed by atoms with Crippen LogP contribution >= 0.6 is 11.8 Å². The molecule has 168 valence electrons. The number of aromatic hydroxyl groups is 1. The number of amides is 1. The molecule has 0 bridgehead atoms. The largest absolute Gasteiger partial charge is 0.508 e. The third-order valence-electron chi connectivity index (χ3n) is 5.16. The number of carbonyl (C=O) groups is 1. The number of benzene rings is 2. The number of phenolic OH excluding ortho intramolecular Hbond substituents is 1. The highest BCUT2D eigenvalue weighted by Crippen LogP contribution is 2.37. The Balaban J connectivity index is 1.85. The third kappa shape index (κ3) is 5.50. The van der Waals surface area contributed by atoms with E-state index in [0.29, 0.717) is 17.9 Å². The summed E-state index contributed by atoms with van der Waals surface area (Å²) in [6, 6.07) is 10.4. The predicted molar refractivity (Wildman–Crippen MR) is 117 cm³/mol. The molecule has 2 aromatic rings. The van der Waals surface area contributed by atoms with Crippen molar-refractivity contribution >= 4 is 23.4 Å². The number of phenols is 1. The van der Waals surface area contributed by atoms with Gasteiger partial charge < -0.3 is 35.6 Å². The lowest BCUT2D eigenvalue weighted by molar-refractivity contribution is -0.114. The number of nitrogens with one attached hydrogen (secondary N) is 1. The first-order chi connectivity index (χ1) is 14.7. The van der Waals surface area contributed by atoms with Gasteiger partial charge in [-0.2, -0.15) is 0 Å². The van der Waals surface area contributed by atoms with Crippen molar-refractivity contribution in [1.82, 2.24) is 0 Å². The summed E-state index contributed by atoms with van der Waals surface area (Å²) in [5.41, 5.74) is 2.22. The number of ether oxygens (including phenoxy) is 1. The third-order valence-corrected chi connectivity index (χ3v) is 6.58. The number of aliphatic hydroxyl groups is 4. The van der Waals surface area contributed by atoms with Crippen LogP contribution in [0, 0.1) is 6.92 Å². The molecule has 1 amide bonds. The molecule has 0 spiro atoms.